The standard InChI is InChI=1S/C9H9ClN2O2S/c1-15(13,14)6-8-5-12-4-7(10)2-3-9(12)11-8/h2-5H,6H2,1H3. The molecule has 2 aromatic heterocycles. The van der Waals surface area contributed by atoms with E-state index in [1.807, 2.05) is 0 Å². The molecule has 0 saturated carbocycles. The van der Waals surface area contributed by atoms with Crippen LogP contribution in [0.1, 0.15) is 5.69 Å². The Morgan fingerprint density at radius 1 is 1.40 bits per heavy atom. The van der Waals surface area contributed by atoms with Crippen LogP contribution in [0.25, 0.3) is 5.65 Å². The number of halogens is 1. The molecular weight excluding hydrogens is 236 g/mol. The number of hydrogen-bond acceptors (Lipinski definition) is 3. The van der Waals surface area contributed by atoms with Gasteiger partial charge >= 0.3 is 0 Å². The second-order valence-electron chi connectivity index (χ2n) is 3.42. The van der Waals surface area contributed by atoms with Crippen molar-refractivity contribution in [2.45, 2.75) is 5.75 Å². The number of aromatic nitrogens is 2. The van der Waals surface area contributed by atoms with E-state index in [0.29, 0.717) is 16.4 Å². The van der Waals surface area contributed by atoms with Gasteiger partial charge in [0, 0.05) is 18.6 Å². The Morgan fingerprint density at radius 2 is 2.13 bits per heavy atom. The maximum atomic E-state index is 11.1. The minimum atomic E-state index is -3.04. The second kappa shape index (κ2) is 3.50. The molecule has 0 aliphatic heterocycles. The Kier molecular flexibility index (Phi) is 2.44. The van der Waals surface area contributed by atoms with Crippen LogP contribution in [-0.2, 0) is 15.6 Å². The van der Waals surface area contributed by atoms with E-state index in [2.05, 4.69) is 4.98 Å². The monoisotopic (exact) mass is 244 g/mol. The molecule has 0 aromatic carbocycles. The lowest BCUT2D eigenvalue weighted by atomic mass is 10.5. The normalized spacial score (nSPS) is 12.1. The molecule has 0 radical (unpaired) electrons. The minimum absolute atomic E-state index is 0.0493. The van der Waals surface area contributed by atoms with Crippen molar-refractivity contribution in [1.82, 2.24) is 9.38 Å². The number of nitrogens with zero attached hydrogens (tertiary/aromatic N) is 2. The van der Waals surface area contributed by atoms with Crippen LogP contribution in [0.15, 0.2) is 24.5 Å². The van der Waals surface area contributed by atoms with E-state index in [1.165, 1.54) is 6.26 Å². The van der Waals surface area contributed by atoms with Gasteiger partial charge in [-0.05, 0) is 12.1 Å². The highest BCUT2D eigenvalue weighted by atomic mass is 35.5. The fourth-order valence-corrected chi connectivity index (χ4v) is 2.20. The van der Waals surface area contributed by atoms with Gasteiger partial charge in [0.2, 0.25) is 0 Å². The van der Waals surface area contributed by atoms with Crippen molar-refractivity contribution < 1.29 is 8.42 Å². The van der Waals surface area contributed by atoms with Crippen LogP contribution in [-0.4, -0.2) is 24.1 Å². The Balaban J connectivity index is 2.48. The van der Waals surface area contributed by atoms with Gasteiger partial charge in [-0.3, -0.25) is 0 Å². The average Bonchev–Trinajstić information content (AvgIpc) is 2.42. The van der Waals surface area contributed by atoms with Gasteiger partial charge in [-0.1, -0.05) is 11.6 Å². The number of imidazole rings is 1. The Morgan fingerprint density at radius 3 is 2.80 bits per heavy atom. The highest BCUT2D eigenvalue weighted by molar-refractivity contribution is 7.89. The lowest BCUT2D eigenvalue weighted by molar-refractivity contribution is 0.600. The average molecular weight is 245 g/mol. The lowest BCUT2D eigenvalue weighted by Crippen LogP contribution is -2.00. The predicted molar refractivity (Wildman–Crippen MR) is 58.7 cm³/mol. The summed E-state index contributed by atoms with van der Waals surface area (Å²) < 4.78 is 23.8. The molecule has 0 fully saturated rings. The number of hydrogen-bond donors (Lipinski definition) is 0. The van der Waals surface area contributed by atoms with Crippen LogP contribution in [0.5, 0.6) is 0 Å². The third-order valence-electron chi connectivity index (χ3n) is 1.87. The fourth-order valence-electron chi connectivity index (χ4n) is 1.36. The molecule has 2 rings (SSSR count). The number of fused-ring (bicyclic) bond motifs is 1. The van der Waals surface area contributed by atoms with Gasteiger partial charge in [-0.25, -0.2) is 13.4 Å². The van der Waals surface area contributed by atoms with E-state index in [4.69, 9.17) is 11.6 Å². The Hall–Kier alpha value is -1.07. The van der Waals surface area contributed by atoms with Crippen molar-refractivity contribution in [3.63, 3.8) is 0 Å². The maximum absolute atomic E-state index is 11.1. The van der Waals surface area contributed by atoms with Crippen LogP contribution < -0.4 is 0 Å². The summed E-state index contributed by atoms with van der Waals surface area (Å²) in [6.45, 7) is 0. The summed E-state index contributed by atoms with van der Waals surface area (Å²) in [5, 5.41) is 0.589. The van der Waals surface area contributed by atoms with Crippen molar-refractivity contribution in [3.8, 4) is 0 Å². The summed E-state index contributed by atoms with van der Waals surface area (Å²) in [5.41, 5.74) is 1.22. The van der Waals surface area contributed by atoms with Crippen molar-refractivity contribution in [2.75, 3.05) is 6.26 Å². The largest absolute Gasteiger partial charge is 0.305 e. The summed E-state index contributed by atoms with van der Waals surface area (Å²) in [6.07, 6.45) is 4.54. The molecule has 0 amide bonds. The van der Waals surface area contributed by atoms with E-state index < -0.39 is 9.84 Å². The third-order valence-corrected chi connectivity index (χ3v) is 2.92. The van der Waals surface area contributed by atoms with Crippen molar-refractivity contribution in [2.24, 2.45) is 0 Å². The van der Waals surface area contributed by atoms with Crippen LogP contribution in [0.2, 0.25) is 5.02 Å². The quantitative estimate of drug-likeness (QED) is 0.805. The van der Waals surface area contributed by atoms with Gasteiger partial charge in [0.25, 0.3) is 0 Å². The molecule has 0 N–H and O–H groups in total. The molecule has 0 bridgehead atoms. The summed E-state index contributed by atoms with van der Waals surface area (Å²) >= 11 is 5.79. The van der Waals surface area contributed by atoms with E-state index in [1.54, 1.807) is 28.9 Å². The minimum Gasteiger partial charge on any atom is -0.305 e. The molecule has 80 valence electrons. The maximum Gasteiger partial charge on any atom is 0.153 e. The molecule has 0 aliphatic carbocycles. The second-order valence-corrected chi connectivity index (χ2v) is 5.99. The third kappa shape index (κ3) is 2.49. The summed E-state index contributed by atoms with van der Waals surface area (Å²) in [7, 11) is -3.04. The van der Waals surface area contributed by atoms with Crippen LogP contribution in [0.3, 0.4) is 0 Å². The molecule has 15 heavy (non-hydrogen) atoms. The van der Waals surface area contributed by atoms with Crippen LogP contribution in [0.4, 0.5) is 0 Å². The van der Waals surface area contributed by atoms with E-state index in [0.717, 1.165) is 0 Å². The van der Waals surface area contributed by atoms with Crippen molar-refractivity contribution in [3.05, 3.63) is 35.2 Å². The molecule has 0 atom stereocenters. The zero-order chi connectivity index (χ0) is 11.1. The predicted octanol–water partition coefficient (Wildman–Crippen LogP) is 1.53. The highest BCUT2D eigenvalue weighted by Crippen LogP contribution is 2.12. The van der Waals surface area contributed by atoms with Crippen molar-refractivity contribution >= 4 is 27.1 Å². The van der Waals surface area contributed by atoms with Gasteiger partial charge in [-0.15, -0.1) is 0 Å². The topological polar surface area (TPSA) is 51.4 Å². The van der Waals surface area contributed by atoms with Gasteiger partial charge in [0.05, 0.1) is 16.5 Å². The first-order valence-corrected chi connectivity index (χ1v) is 6.69. The smallest absolute Gasteiger partial charge is 0.153 e. The summed E-state index contributed by atoms with van der Waals surface area (Å²) in [4.78, 5) is 4.16. The fraction of sp³-hybridized carbons (Fsp3) is 0.222. The molecule has 0 aliphatic rings. The molecule has 0 saturated heterocycles. The molecule has 2 aromatic rings. The highest BCUT2D eigenvalue weighted by Gasteiger charge is 2.08. The summed E-state index contributed by atoms with van der Waals surface area (Å²) in [5.74, 6) is -0.0493. The first kappa shape index (κ1) is 10.4. The summed E-state index contributed by atoms with van der Waals surface area (Å²) in [6, 6.07) is 3.46. The number of sulfone groups is 1. The zero-order valence-corrected chi connectivity index (χ0v) is 9.59. The molecule has 0 unspecified atom stereocenters. The van der Waals surface area contributed by atoms with Gasteiger partial charge in [-0.2, -0.15) is 0 Å². The SMILES string of the molecule is CS(=O)(=O)Cc1cn2cc(Cl)ccc2n1. The van der Waals surface area contributed by atoms with Crippen LogP contribution in [0, 0.1) is 0 Å². The Labute approximate surface area is 92.4 Å². The van der Waals surface area contributed by atoms with E-state index >= 15 is 0 Å². The molecule has 4 nitrogen and oxygen atoms in total. The first-order chi connectivity index (χ1) is 6.94. The number of pyridine rings is 1. The number of rotatable bonds is 2. The van der Waals surface area contributed by atoms with Crippen LogP contribution >= 0.6 is 11.6 Å². The van der Waals surface area contributed by atoms with Gasteiger partial charge in [0.15, 0.2) is 9.84 Å². The Bertz CT molecular complexity index is 604. The zero-order valence-electron chi connectivity index (χ0n) is 8.01. The van der Waals surface area contributed by atoms with E-state index in [-0.39, 0.29) is 5.75 Å². The molecule has 0 spiro atoms. The molecule has 2 heterocycles. The molecular formula is C9H9ClN2O2S. The van der Waals surface area contributed by atoms with Crippen molar-refractivity contribution in [1.29, 1.82) is 0 Å². The van der Waals surface area contributed by atoms with E-state index in [9.17, 15) is 8.42 Å². The van der Waals surface area contributed by atoms with Gasteiger partial charge in [0.1, 0.15) is 5.65 Å². The lowest BCUT2D eigenvalue weighted by Gasteiger charge is -1.91. The van der Waals surface area contributed by atoms with Gasteiger partial charge < -0.3 is 4.40 Å². The first-order valence-electron chi connectivity index (χ1n) is 4.25. The molecule has 6 heteroatoms.